The second kappa shape index (κ2) is 7.62. The van der Waals surface area contributed by atoms with E-state index in [0.29, 0.717) is 34.3 Å². The van der Waals surface area contributed by atoms with Gasteiger partial charge in [-0.3, -0.25) is 0 Å². The molecule has 0 bridgehead atoms. The molecular weight excluding hydrogens is 395 g/mol. The number of nitrogens with one attached hydrogen (secondary N) is 2. The summed E-state index contributed by atoms with van der Waals surface area (Å²) in [5, 5.41) is 3.97. The summed E-state index contributed by atoms with van der Waals surface area (Å²) in [4.78, 5) is 7.55. The van der Waals surface area contributed by atoms with E-state index in [4.69, 9.17) is 9.47 Å². The van der Waals surface area contributed by atoms with Gasteiger partial charge in [0.2, 0.25) is 0 Å². The average Bonchev–Trinajstić information content (AvgIpc) is 3.19. The van der Waals surface area contributed by atoms with E-state index in [1.807, 2.05) is 0 Å². The average molecular weight is 413 g/mol. The first-order valence-corrected chi connectivity index (χ1v) is 9.03. The van der Waals surface area contributed by atoms with Crippen LogP contribution in [-0.4, -0.2) is 24.2 Å². The molecule has 0 amide bonds. The van der Waals surface area contributed by atoms with Crippen molar-refractivity contribution in [2.45, 2.75) is 6.18 Å². The van der Waals surface area contributed by atoms with Crippen LogP contribution in [0.15, 0.2) is 60.8 Å². The van der Waals surface area contributed by atoms with Crippen molar-refractivity contribution in [2.24, 2.45) is 0 Å². The number of halogens is 3. The van der Waals surface area contributed by atoms with E-state index in [1.54, 1.807) is 56.8 Å². The summed E-state index contributed by atoms with van der Waals surface area (Å²) in [7, 11) is 3.12. The third-order valence-corrected chi connectivity index (χ3v) is 4.71. The first kappa shape index (κ1) is 19.6. The summed E-state index contributed by atoms with van der Waals surface area (Å²) in [5.41, 5.74) is 1.73. The normalized spacial score (nSPS) is 11.5. The van der Waals surface area contributed by atoms with E-state index in [0.717, 1.165) is 23.0 Å². The molecule has 4 rings (SSSR count). The second-order valence-corrected chi connectivity index (χ2v) is 6.57. The third kappa shape index (κ3) is 3.76. The zero-order valence-corrected chi connectivity index (χ0v) is 16.2. The van der Waals surface area contributed by atoms with Crippen LogP contribution in [0.3, 0.4) is 0 Å². The minimum Gasteiger partial charge on any atom is -0.497 e. The molecule has 0 unspecified atom stereocenters. The summed E-state index contributed by atoms with van der Waals surface area (Å²) in [6.45, 7) is 0. The van der Waals surface area contributed by atoms with Crippen LogP contribution in [0, 0.1) is 0 Å². The predicted octanol–water partition coefficient (Wildman–Crippen LogP) is 6.01. The molecule has 8 heteroatoms. The number of hydrogen-bond donors (Lipinski definition) is 2. The smallest absolute Gasteiger partial charge is 0.416 e. The third-order valence-electron chi connectivity index (χ3n) is 4.71. The minimum absolute atomic E-state index is 0.439. The highest BCUT2D eigenvalue weighted by Crippen LogP contribution is 2.36. The van der Waals surface area contributed by atoms with Gasteiger partial charge in [-0.15, -0.1) is 0 Å². The molecule has 0 aliphatic heterocycles. The van der Waals surface area contributed by atoms with E-state index in [2.05, 4.69) is 15.3 Å². The monoisotopic (exact) mass is 413 g/mol. The summed E-state index contributed by atoms with van der Waals surface area (Å²) in [6, 6.07) is 14.1. The number of nitrogens with zero attached hydrogens (tertiary/aromatic N) is 1. The molecular formula is C22H18F3N3O2. The Hall–Kier alpha value is -3.68. The van der Waals surface area contributed by atoms with E-state index in [9.17, 15) is 13.2 Å². The molecule has 2 aromatic heterocycles. The number of fused-ring (bicyclic) bond motifs is 1. The van der Waals surface area contributed by atoms with Crippen LogP contribution in [0.4, 0.5) is 24.7 Å². The fourth-order valence-electron chi connectivity index (χ4n) is 3.20. The highest BCUT2D eigenvalue weighted by atomic mass is 19.4. The number of pyridine rings is 1. The van der Waals surface area contributed by atoms with Crippen molar-refractivity contribution in [3.05, 3.63) is 66.4 Å². The standard InChI is InChI=1S/C22H18F3N3O2/c1-29-15-6-7-18(20(11-15)30-2)28-21-16-12-19(27-17(16)8-9-26-21)13-4-3-5-14(10-13)22(23,24)25/h3-12,27H,1-2H3,(H,26,28). The van der Waals surface area contributed by atoms with Crippen molar-refractivity contribution in [2.75, 3.05) is 19.5 Å². The number of hydrogen-bond acceptors (Lipinski definition) is 4. The number of alkyl halides is 3. The zero-order valence-electron chi connectivity index (χ0n) is 16.2. The van der Waals surface area contributed by atoms with Crippen LogP contribution in [0.5, 0.6) is 11.5 Å². The molecule has 0 atom stereocenters. The lowest BCUT2D eigenvalue weighted by molar-refractivity contribution is -0.137. The molecule has 4 aromatic rings. The van der Waals surface area contributed by atoms with E-state index >= 15 is 0 Å². The largest absolute Gasteiger partial charge is 0.497 e. The Labute approximate surface area is 170 Å². The lowest BCUT2D eigenvalue weighted by Crippen LogP contribution is -2.04. The number of aromatic amines is 1. The van der Waals surface area contributed by atoms with Gasteiger partial charge in [0, 0.05) is 23.3 Å². The minimum atomic E-state index is -4.40. The molecule has 2 N–H and O–H groups in total. The number of benzene rings is 2. The lowest BCUT2D eigenvalue weighted by atomic mass is 10.1. The Morgan fingerprint density at radius 1 is 0.967 bits per heavy atom. The number of aromatic nitrogens is 2. The van der Waals surface area contributed by atoms with Crippen molar-refractivity contribution in [3.8, 4) is 22.8 Å². The molecule has 5 nitrogen and oxygen atoms in total. The Bertz CT molecular complexity index is 1200. The Kier molecular flexibility index (Phi) is 4.99. The fraction of sp³-hybridized carbons (Fsp3) is 0.136. The van der Waals surface area contributed by atoms with Gasteiger partial charge in [-0.05, 0) is 42.0 Å². The van der Waals surface area contributed by atoms with Gasteiger partial charge in [0.15, 0.2) is 0 Å². The van der Waals surface area contributed by atoms with Crippen molar-refractivity contribution in [1.82, 2.24) is 9.97 Å². The molecule has 0 fully saturated rings. The molecule has 0 saturated heterocycles. The molecule has 154 valence electrons. The number of methoxy groups -OCH3 is 2. The van der Waals surface area contributed by atoms with Crippen molar-refractivity contribution >= 4 is 22.4 Å². The molecule has 2 heterocycles. The topological polar surface area (TPSA) is 59.2 Å². The second-order valence-electron chi connectivity index (χ2n) is 6.57. The number of anilines is 2. The van der Waals surface area contributed by atoms with Gasteiger partial charge in [-0.1, -0.05) is 12.1 Å². The Morgan fingerprint density at radius 3 is 2.53 bits per heavy atom. The van der Waals surface area contributed by atoms with E-state index in [-0.39, 0.29) is 0 Å². The highest BCUT2D eigenvalue weighted by molar-refractivity contribution is 5.95. The van der Waals surface area contributed by atoms with Crippen molar-refractivity contribution < 1.29 is 22.6 Å². The molecule has 0 spiro atoms. The number of H-pyrrole nitrogens is 1. The summed E-state index contributed by atoms with van der Waals surface area (Å²) in [6.07, 6.45) is -2.78. The van der Waals surface area contributed by atoms with Crippen LogP contribution < -0.4 is 14.8 Å². The van der Waals surface area contributed by atoms with Gasteiger partial charge in [0.1, 0.15) is 17.3 Å². The maximum absolute atomic E-state index is 13.1. The Morgan fingerprint density at radius 2 is 1.80 bits per heavy atom. The van der Waals surface area contributed by atoms with Gasteiger partial charge in [-0.25, -0.2) is 4.98 Å². The number of rotatable bonds is 5. The quantitative estimate of drug-likeness (QED) is 0.421. The maximum Gasteiger partial charge on any atom is 0.416 e. The van der Waals surface area contributed by atoms with E-state index in [1.165, 1.54) is 6.07 Å². The van der Waals surface area contributed by atoms with E-state index < -0.39 is 11.7 Å². The van der Waals surface area contributed by atoms with Crippen LogP contribution in [0.1, 0.15) is 5.56 Å². The van der Waals surface area contributed by atoms with Crippen LogP contribution in [0.25, 0.3) is 22.2 Å². The predicted molar refractivity (Wildman–Crippen MR) is 109 cm³/mol. The van der Waals surface area contributed by atoms with Crippen molar-refractivity contribution in [3.63, 3.8) is 0 Å². The molecule has 0 saturated carbocycles. The number of ether oxygens (including phenoxy) is 2. The van der Waals surface area contributed by atoms with Gasteiger partial charge < -0.3 is 19.8 Å². The first-order valence-electron chi connectivity index (χ1n) is 9.03. The molecule has 2 aromatic carbocycles. The van der Waals surface area contributed by atoms with Crippen LogP contribution in [0.2, 0.25) is 0 Å². The summed E-state index contributed by atoms with van der Waals surface area (Å²) < 4.78 is 49.8. The van der Waals surface area contributed by atoms with Gasteiger partial charge >= 0.3 is 6.18 Å². The highest BCUT2D eigenvalue weighted by Gasteiger charge is 2.30. The SMILES string of the molecule is COc1ccc(Nc2nccc3[nH]c(-c4cccc(C(F)(F)F)c4)cc23)c(OC)c1. The Balaban J connectivity index is 1.74. The van der Waals surface area contributed by atoms with Gasteiger partial charge in [0.25, 0.3) is 0 Å². The van der Waals surface area contributed by atoms with Gasteiger partial charge in [0.05, 0.1) is 31.0 Å². The summed E-state index contributed by atoms with van der Waals surface area (Å²) >= 11 is 0. The summed E-state index contributed by atoms with van der Waals surface area (Å²) in [5.74, 6) is 1.77. The van der Waals surface area contributed by atoms with Crippen LogP contribution >= 0.6 is 0 Å². The molecule has 0 aliphatic rings. The van der Waals surface area contributed by atoms with Gasteiger partial charge in [-0.2, -0.15) is 13.2 Å². The zero-order chi connectivity index (χ0) is 21.3. The maximum atomic E-state index is 13.1. The molecule has 0 radical (unpaired) electrons. The fourth-order valence-corrected chi connectivity index (χ4v) is 3.20. The first-order chi connectivity index (χ1) is 14.4. The lowest BCUT2D eigenvalue weighted by Gasteiger charge is -2.12. The van der Waals surface area contributed by atoms with Crippen molar-refractivity contribution in [1.29, 1.82) is 0 Å². The van der Waals surface area contributed by atoms with Crippen LogP contribution in [-0.2, 0) is 6.18 Å². The molecule has 0 aliphatic carbocycles. The molecule has 30 heavy (non-hydrogen) atoms.